The van der Waals surface area contributed by atoms with Crippen LogP contribution in [0.5, 0.6) is 5.88 Å². The first-order valence-electron chi connectivity index (χ1n) is 11.3. The fraction of sp³-hybridized carbons (Fsp3) is 0.240. The minimum Gasteiger partial charge on any atom is -0.492 e. The molecule has 178 valence electrons. The lowest BCUT2D eigenvalue weighted by atomic mass is 10.0. The van der Waals surface area contributed by atoms with E-state index in [9.17, 15) is 9.90 Å². The first-order valence-corrected chi connectivity index (χ1v) is 12.2. The Morgan fingerprint density at radius 2 is 1.77 bits per heavy atom. The number of piperazine rings is 1. The number of thiazole rings is 1. The molecule has 0 radical (unpaired) electrons. The smallest absolute Gasteiger partial charge is 0.289 e. The molecule has 0 aliphatic carbocycles. The topological polar surface area (TPSA) is 100 Å². The second-order valence-electron chi connectivity index (χ2n) is 8.52. The van der Waals surface area contributed by atoms with E-state index in [0.717, 1.165) is 16.0 Å². The van der Waals surface area contributed by atoms with Gasteiger partial charge >= 0.3 is 0 Å². The maximum absolute atomic E-state index is 12.7. The Morgan fingerprint density at radius 1 is 1.03 bits per heavy atom. The second kappa shape index (κ2) is 8.71. The summed E-state index contributed by atoms with van der Waals surface area (Å²) < 4.78 is 12.2. The van der Waals surface area contributed by atoms with Crippen LogP contribution in [-0.4, -0.2) is 61.6 Å². The molecule has 9 nitrogen and oxygen atoms in total. The zero-order valence-electron chi connectivity index (χ0n) is 19.0. The molecule has 1 atom stereocenters. The number of rotatable bonds is 5. The third kappa shape index (κ3) is 3.90. The average molecular weight is 490 g/mol. The third-order valence-electron chi connectivity index (χ3n) is 6.28. The van der Waals surface area contributed by atoms with Gasteiger partial charge in [0.1, 0.15) is 0 Å². The van der Waals surface area contributed by atoms with Gasteiger partial charge in [-0.25, -0.2) is 0 Å². The number of aryl methyl sites for hydroxylation is 1. The van der Waals surface area contributed by atoms with Crippen LogP contribution >= 0.6 is 11.3 Å². The Bertz CT molecular complexity index is 1450. The Balaban J connectivity index is 1.32. The molecule has 35 heavy (non-hydrogen) atoms. The normalized spacial score (nSPS) is 15.6. The minimum absolute atomic E-state index is 0.0648. The summed E-state index contributed by atoms with van der Waals surface area (Å²) in [7, 11) is 0. The number of hydrogen-bond donors (Lipinski definition) is 1. The molecule has 1 saturated heterocycles. The third-order valence-corrected chi connectivity index (χ3v) is 7.35. The molecule has 1 N–H and O–H groups in total. The number of hydrogen-bond acceptors (Lipinski definition) is 8. The van der Waals surface area contributed by atoms with E-state index in [1.807, 2.05) is 0 Å². The van der Waals surface area contributed by atoms with Crippen molar-refractivity contribution in [3.63, 3.8) is 0 Å². The Labute approximate surface area is 204 Å². The van der Waals surface area contributed by atoms with Crippen LogP contribution in [0.3, 0.4) is 0 Å². The van der Waals surface area contributed by atoms with Crippen LogP contribution < -0.4 is 0 Å². The average Bonchev–Trinajstić information content (AvgIpc) is 3.68. The van der Waals surface area contributed by atoms with Gasteiger partial charge in [-0.3, -0.25) is 9.69 Å². The van der Waals surface area contributed by atoms with Crippen molar-refractivity contribution in [3.05, 3.63) is 82.8 Å². The maximum atomic E-state index is 12.7. The van der Waals surface area contributed by atoms with E-state index in [1.165, 1.54) is 22.1 Å². The van der Waals surface area contributed by atoms with E-state index < -0.39 is 0 Å². The lowest BCUT2D eigenvalue weighted by Gasteiger charge is -2.38. The molecule has 1 unspecified atom stereocenters. The number of carbonyl (C=O) groups excluding carboxylic acids is 1. The molecular weight excluding hydrogens is 466 g/mol. The highest BCUT2D eigenvalue weighted by atomic mass is 32.1. The van der Waals surface area contributed by atoms with Gasteiger partial charge in [-0.05, 0) is 36.8 Å². The summed E-state index contributed by atoms with van der Waals surface area (Å²) in [4.78, 5) is 22.7. The van der Waals surface area contributed by atoms with E-state index in [-0.39, 0.29) is 17.8 Å². The fourth-order valence-corrected chi connectivity index (χ4v) is 5.57. The molecule has 1 amide bonds. The summed E-state index contributed by atoms with van der Waals surface area (Å²) in [5, 5.41) is 15.7. The predicted octanol–water partition coefficient (Wildman–Crippen LogP) is 4.21. The van der Waals surface area contributed by atoms with Gasteiger partial charge in [-0.2, -0.15) is 9.50 Å². The molecule has 1 fully saturated rings. The molecule has 0 bridgehead atoms. The lowest BCUT2D eigenvalue weighted by Crippen LogP contribution is -2.49. The molecule has 10 heteroatoms. The van der Waals surface area contributed by atoms with Crippen molar-refractivity contribution in [2.24, 2.45) is 0 Å². The second-order valence-corrected chi connectivity index (χ2v) is 9.52. The van der Waals surface area contributed by atoms with Crippen molar-refractivity contribution in [1.82, 2.24) is 24.4 Å². The van der Waals surface area contributed by atoms with Gasteiger partial charge < -0.3 is 18.8 Å². The zero-order valence-corrected chi connectivity index (χ0v) is 19.8. The van der Waals surface area contributed by atoms with E-state index in [2.05, 4.69) is 46.2 Å². The predicted molar refractivity (Wildman–Crippen MR) is 129 cm³/mol. The molecular formula is C25H23N5O4S. The van der Waals surface area contributed by atoms with Gasteiger partial charge in [-0.15, -0.1) is 5.10 Å². The first-order chi connectivity index (χ1) is 17.1. The van der Waals surface area contributed by atoms with Crippen molar-refractivity contribution in [3.8, 4) is 17.5 Å². The van der Waals surface area contributed by atoms with Crippen molar-refractivity contribution in [1.29, 1.82) is 0 Å². The minimum atomic E-state index is -0.197. The van der Waals surface area contributed by atoms with Gasteiger partial charge in [-0.1, -0.05) is 41.2 Å². The molecule has 1 aliphatic rings. The molecule has 5 heterocycles. The van der Waals surface area contributed by atoms with Gasteiger partial charge in [0.25, 0.3) is 5.91 Å². The fourth-order valence-electron chi connectivity index (χ4n) is 4.45. The highest BCUT2D eigenvalue weighted by molar-refractivity contribution is 7.17. The van der Waals surface area contributed by atoms with E-state index in [1.54, 1.807) is 35.4 Å². The number of nitrogens with zero attached hydrogens (tertiary/aromatic N) is 5. The summed E-state index contributed by atoms with van der Waals surface area (Å²) >= 11 is 1.41. The first kappa shape index (κ1) is 21.6. The van der Waals surface area contributed by atoms with E-state index in [4.69, 9.17) is 8.83 Å². The van der Waals surface area contributed by atoms with Crippen molar-refractivity contribution < 1.29 is 18.7 Å². The van der Waals surface area contributed by atoms with Crippen LogP contribution in [-0.2, 0) is 0 Å². The maximum Gasteiger partial charge on any atom is 0.289 e. The van der Waals surface area contributed by atoms with Gasteiger partial charge in [0.2, 0.25) is 16.7 Å². The Hall–Kier alpha value is -3.89. The molecule has 1 aromatic carbocycles. The molecule has 4 aromatic heterocycles. The molecule has 0 saturated carbocycles. The van der Waals surface area contributed by atoms with Crippen LogP contribution in [0.2, 0.25) is 0 Å². The molecule has 1 aliphatic heterocycles. The number of carbonyl (C=O) groups is 1. The van der Waals surface area contributed by atoms with Gasteiger partial charge in [0.05, 0.1) is 23.4 Å². The van der Waals surface area contributed by atoms with Crippen LogP contribution in [0.4, 0.5) is 0 Å². The van der Waals surface area contributed by atoms with Crippen LogP contribution in [0.25, 0.3) is 16.5 Å². The summed E-state index contributed by atoms with van der Waals surface area (Å²) in [5.74, 6) is 1.29. The monoisotopic (exact) mass is 489 g/mol. The zero-order chi connectivity index (χ0) is 23.9. The standard InChI is InChI=1S/C25H23N5O4S/c1-16-6-8-17(9-7-16)20(28-10-12-29(13-11-28)23(31)19-5-3-15-34-19)21-24(32)30-25(35-21)26-22(27-30)18-4-2-14-33-18/h2-9,14-15,20,32H,10-13H2,1H3. The van der Waals surface area contributed by atoms with E-state index >= 15 is 0 Å². The molecule has 0 spiro atoms. The van der Waals surface area contributed by atoms with Gasteiger partial charge in [0, 0.05) is 26.2 Å². The van der Waals surface area contributed by atoms with Crippen molar-refractivity contribution in [2.45, 2.75) is 13.0 Å². The summed E-state index contributed by atoms with van der Waals surface area (Å²) in [6, 6.07) is 15.1. The number of amides is 1. The summed E-state index contributed by atoms with van der Waals surface area (Å²) in [5.41, 5.74) is 2.23. The van der Waals surface area contributed by atoms with E-state index in [0.29, 0.717) is 48.5 Å². The highest BCUT2D eigenvalue weighted by Crippen LogP contribution is 2.41. The van der Waals surface area contributed by atoms with Crippen LogP contribution in [0.15, 0.2) is 69.9 Å². The molecule has 6 rings (SSSR count). The molecule has 5 aromatic rings. The number of aromatic nitrogens is 3. The number of aromatic hydroxyl groups is 1. The van der Waals surface area contributed by atoms with Crippen LogP contribution in [0, 0.1) is 6.92 Å². The van der Waals surface area contributed by atoms with Crippen LogP contribution in [0.1, 0.15) is 32.6 Å². The highest BCUT2D eigenvalue weighted by Gasteiger charge is 2.33. The lowest BCUT2D eigenvalue weighted by molar-refractivity contribution is 0.0568. The number of furan rings is 2. The summed E-state index contributed by atoms with van der Waals surface area (Å²) in [6.07, 6.45) is 3.08. The van der Waals surface area contributed by atoms with Crippen molar-refractivity contribution in [2.75, 3.05) is 26.2 Å². The Kier molecular flexibility index (Phi) is 5.39. The summed E-state index contributed by atoms with van der Waals surface area (Å²) in [6.45, 7) is 4.47. The van der Waals surface area contributed by atoms with Gasteiger partial charge in [0.15, 0.2) is 11.5 Å². The van der Waals surface area contributed by atoms with Crippen molar-refractivity contribution >= 4 is 22.2 Å². The Morgan fingerprint density at radius 3 is 2.43 bits per heavy atom. The number of benzene rings is 1. The largest absolute Gasteiger partial charge is 0.492 e. The number of fused-ring (bicyclic) bond motifs is 1. The quantitative estimate of drug-likeness (QED) is 0.395. The SMILES string of the molecule is Cc1ccc(C(c2sc3nc(-c4ccco4)nn3c2O)N2CCN(C(=O)c3ccco3)CC2)cc1.